The summed E-state index contributed by atoms with van der Waals surface area (Å²) in [7, 11) is 0. The van der Waals surface area contributed by atoms with Crippen LogP contribution in [-0.4, -0.2) is 73.3 Å². The van der Waals surface area contributed by atoms with Crippen LogP contribution in [0, 0.1) is 20.8 Å². The van der Waals surface area contributed by atoms with Crippen LogP contribution in [0.2, 0.25) is 0 Å². The van der Waals surface area contributed by atoms with Crippen LogP contribution in [0.5, 0.6) is 0 Å². The van der Waals surface area contributed by atoms with Crippen LogP contribution in [0.15, 0.2) is 36.7 Å². The van der Waals surface area contributed by atoms with Crippen molar-refractivity contribution < 1.29 is 4.74 Å². The minimum absolute atomic E-state index is 0.436. The number of anilines is 1. The largest absolute Gasteiger partial charge is 0.379 e. The maximum atomic E-state index is 5.43. The third-order valence-corrected chi connectivity index (χ3v) is 7.66. The minimum Gasteiger partial charge on any atom is -0.379 e. The van der Waals surface area contributed by atoms with Crippen molar-refractivity contribution in [3.05, 3.63) is 65.1 Å². The Morgan fingerprint density at radius 3 is 2.51 bits per heavy atom. The first kappa shape index (κ1) is 23.9. The normalized spacial score (nSPS) is 18.7. The summed E-state index contributed by atoms with van der Waals surface area (Å²) < 4.78 is 7.32. The highest BCUT2D eigenvalue weighted by atomic mass is 16.5. The molecular weight excluding hydrogens is 464 g/mol. The Bertz CT molecular complexity index is 1380. The first-order valence-electron chi connectivity index (χ1n) is 13.2. The van der Waals surface area contributed by atoms with Crippen molar-refractivity contribution in [3.8, 4) is 11.3 Å². The molecule has 9 heteroatoms. The first-order valence-corrected chi connectivity index (χ1v) is 13.2. The second kappa shape index (κ2) is 10.1. The van der Waals surface area contributed by atoms with E-state index in [1.165, 1.54) is 24.1 Å². The fourth-order valence-corrected chi connectivity index (χ4v) is 5.62. The average Bonchev–Trinajstić information content (AvgIpc) is 3.54. The third kappa shape index (κ3) is 4.93. The summed E-state index contributed by atoms with van der Waals surface area (Å²) in [6.45, 7) is 11.5. The smallest absolute Gasteiger partial charge is 0.252 e. The van der Waals surface area contributed by atoms with Gasteiger partial charge in [0, 0.05) is 54.9 Å². The molecule has 4 aromatic rings. The van der Waals surface area contributed by atoms with E-state index < -0.39 is 0 Å². The average molecular weight is 499 g/mol. The number of hydrogen-bond donors (Lipinski definition) is 0. The molecule has 0 N–H and O–H groups in total. The van der Waals surface area contributed by atoms with Gasteiger partial charge in [0.15, 0.2) is 0 Å². The highest BCUT2D eigenvalue weighted by molar-refractivity contribution is 5.63. The predicted molar refractivity (Wildman–Crippen MR) is 143 cm³/mol. The maximum absolute atomic E-state index is 5.43. The molecule has 192 valence electrons. The van der Waals surface area contributed by atoms with Crippen LogP contribution in [0.25, 0.3) is 17.0 Å². The second-order valence-electron chi connectivity index (χ2n) is 10.2. The summed E-state index contributed by atoms with van der Waals surface area (Å²) in [6.07, 6.45) is 7.12. The zero-order valence-electron chi connectivity index (χ0n) is 21.9. The van der Waals surface area contributed by atoms with E-state index in [0.29, 0.717) is 11.8 Å². The minimum atomic E-state index is 0.436. The van der Waals surface area contributed by atoms with Gasteiger partial charge in [-0.1, -0.05) is 12.1 Å². The number of ether oxygens (including phenoxy) is 1. The van der Waals surface area contributed by atoms with Gasteiger partial charge in [0.25, 0.3) is 5.78 Å². The third-order valence-electron chi connectivity index (χ3n) is 7.66. The molecular formula is C28H34N8O. The van der Waals surface area contributed by atoms with E-state index >= 15 is 0 Å². The molecule has 6 rings (SSSR count). The number of aromatic nitrogens is 6. The lowest BCUT2D eigenvalue weighted by atomic mass is 10.0. The number of aryl methyl sites for hydroxylation is 3. The van der Waals surface area contributed by atoms with Crippen LogP contribution < -0.4 is 4.90 Å². The zero-order chi connectivity index (χ0) is 25.4. The highest BCUT2D eigenvalue weighted by Gasteiger charge is 2.27. The molecule has 37 heavy (non-hydrogen) atoms. The SMILES string of the molecule is Cc1nc2nc(C)c(CC3CCCN3c3ccc(-c4cnc(CN5CCOCC5)cn4)cc3)c(C)n2n1. The molecule has 3 aromatic heterocycles. The fourth-order valence-electron chi connectivity index (χ4n) is 5.62. The summed E-state index contributed by atoms with van der Waals surface area (Å²) in [6, 6.07) is 9.21. The van der Waals surface area contributed by atoms with Crippen LogP contribution in [0.3, 0.4) is 0 Å². The number of benzene rings is 1. The van der Waals surface area contributed by atoms with Crippen molar-refractivity contribution in [1.29, 1.82) is 0 Å². The summed E-state index contributed by atoms with van der Waals surface area (Å²) >= 11 is 0. The number of morpholine rings is 1. The molecule has 1 unspecified atom stereocenters. The van der Waals surface area contributed by atoms with Crippen LogP contribution in [0.1, 0.15) is 41.3 Å². The summed E-state index contributed by atoms with van der Waals surface area (Å²) in [5.41, 5.74) is 7.72. The van der Waals surface area contributed by atoms with Crippen molar-refractivity contribution in [1.82, 2.24) is 34.4 Å². The lowest BCUT2D eigenvalue weighted by Gasteiger charge is -2.28. The topological polar surface area (TPSA) is 84.6 Å². The second-order valence-corrected chi connectivity index (χ2v) is 10.2. The molecule has 0 aliphatic carbocycles. The van der Waals surface area contributed by atoms with E-state index in [1.54, 1.807) is 0 Å². The van der Waals surface area contributed by atoms with Gasteiger partial charge in [-0.15, -0.1) is 0 Å². The Morgan fingerprint density at radius 1 is 0.946 bits per heavy atom. The zero-order valence-corrected chi connectivity index (χ0v) is 21.9. The van der Waals surface area contributed by atoms with Gasteiger partial charge < -0.3 is 9.64 Å². The summed E-state index contributed by atoms with van der Waals surface area (Å²) in [4.78, 5) is 23.5. The predicted octanol–water partition coefficient (Wildman–Crippen LogP) is 3.55. The fraction of sp³-hybridized carbons (Fsp3) is 0.464. The van der Waals surface area contributed by atoms with Gasteiger partial charge in [0.05, 0.1) is 37.0 Å². The summed E-state index contributed by atoms with van der Waals surface area (Å²) in [5.74, 6) is 1.44. The van der Waals surface area contributed by atoms with Gasteiger partial charge in [0.1, 0.15) is 5.82 Å². The van der Waals surface area contributed by atoms with Crippen LogP contribution in [0.4, 0.5) is 5.69 Å². The Morgan fingerprint density at radius 2 is 1.76 bits per heavy atom. The van der Waals surface area contributed by atoms with E-state index in [1.807, 2.05) is 23.8 Å². The Balaban J connectivity index is 1.16. The van der Waals surface area contributed by atoms with Gasteiger partial charge in [0.2, 0.25) is 0 Å². The highest BCUT2D eigenvalue weighted by Crippen LogP contribution is 2.30. The number of fused-ring (bicyclic) bond motifs is 1. The standard InChI is InChI=1S/C28H34N8O/c1-19-26(20(2)36-28(31-19)32-21(3)33-36)15-25-5-4-10-35(25)24-8-6-22(7-9-24)27-17-29-23(16-30-27)18-34-11-13-37-14-12-34/h6-9,16-17,25H,4-5,10-15,18H2,1-3H3. The summed E-state index contributed by atoms with van der Waals surface area (Å²) in [5, 5.41) is 4.55. The molecule has 0 radical (unpaired) electrons. The first-order chi connectivity index (χ1) is 18.0. The maximum Gasteiger partial charge on any atom is 0.252 e. The lowest BCUT2D eigenvalue weighted by molar-refractivity contribution is 0.0336. The van der Waals surface area contributed by atoms with E-state index in [-0.39, 0.29) is 0 Å². The molecule has 2 aliphatic rings. The van der Waals surface area contributed by atoms with Crippen molar-refractivity contribution in [3.63, 3.8) is 0 Å². The van der Waals surface area contributed by atoms with E-state index in [9.17, 15) is 0 Å². The van der Waals surface area contributed by atoms with E-state index in [2.05, 4.69) is 63.0 Å². The molecule has 0 saturated carbocycles. The van der Waals surface area contributed by atoms with Crippen molar-refractivity contribution >= 4 is 11.5 Å². The molecule has 0 spiro atoms. The van der Waals surface area contributed by atoms with Crippen LogP contribution >= 0.6 is 0 Å². The van der Waals surface area contributed by atoms with E-state index in [0.717, 1.165) is 80.0 Å². The molecule has 2 fully saturated rings. The number of rotatable bonds is 6. The van der Waals surface area contributed by atoms with Gasteiger partial charge in [-0.05, 0) is 57.7 Å². The molecule has 9 nitrogen and oxygen atoms in total. The molecule has 2 aliphatic heterocycles. The molecule has 0 bridgehead atoms. The molecule has 5 heterocycles. The van der Waals surface area contributed by atoms with Crippen LogP contribution in [-0.2, 0) is 17.7 Å². The van der Waals surface area contributed by atoms with E-state index in [4.69, 9.17) is 14.7 Å². The Kier molecular flexibility index (Phi) is 6.56. The molecule has 1 aromatic carbocycles. The number of nitrogens with zero attached hydrogens (tertiary/aromatic N) is 8. The Hall–Kier alpha value is -3.43. The molecule has 2 saturated heterocycles. The Labute approximate surface area is 217 Å². The molecule has 0 amide bonds. The van der Waals surface area contributed by atoms with Gasteiger partial charge in [-0.2, -0.15) is 10.1 Å². The monoisotopic (exact) mass is 498 g/mol. The van der Waals surface area contributed by atoms with Gasteiger partial charge >= 0.3 is 0 Å². The molecule has 1 atom stereocenters. The number of hydrogen-bond acceptors (Lipinski definition) is 8. The van der Waals surface area contributed by atoms with Crippen molar-refractivity contribution in [2.45, 2.75) is 52.6 Å². The lowest BCUT2D eigenvalue weighted by Crippen LogP contribution is -2.35. The van der Waals surface area contributed by atoms with Crippen molar-refractivity contribution in [2.75, 3.05) is 37.7 Å². The van der Waals surface area contributed by atoms with Crippen molar-refractivity contribution in [2.24, 2.45) is 0 Å². The quantitative estimate of drug-likeness (QED) is 0.399. The van der Waals surface area contributed by atoms with Gasteiger partial charge in [-0.3, -0.25) is 14.9 Å². The van der Waals surface area contributed by atoms with Gasteiger partial charge in [-0.25, -0.2) is 9.50 Å².